The molecule has 0 unspecified atom stereocenters. The summed E-state index contributed by atoms with van der Waals surface area (Å²) in [6, 6.07) is 5.13. The number of carbonyl (C=O) groups excluding carboxylic acids is 1. The van der Waals surface area contributed by atoms with E-state index in [1.807, 2.05) is 17.5 Å². The monoisotopic (exact) mass is 295 g/mol. The summed E-state index contributed by atoms with van der Waals surface area (Å²) in [7, 11) is 0. The van der Waals surface area contributed by atoms with Gasteiger partial charge in [-0.05, 0) is 16.8 Å². The Kier molecular flexibility index (Phi) is 4.37. The van der Waals surface area contributed by atoms with Gasteiger partial charge in [0.05, 0.1) is 17.6 Å². The molecular formula is C11H9N3O3S2. The number of carbonyl (C=O) groups is 1. The summed E-state index contributed by atoms with van der Waals surface area (Å²) in [5, 5.41) is 17.9. The van der Waals surface area contributed by atoms with Gasteiger partial charge in [-0.25, -0.2) is 5.43 Å². The molecule has 0 aromatic carbocycles. The van der Waals surface area contributed by atoms with Crippen LogP contribution in [-0.4, -0.2) is 17.0 Å². The molecule has 2 heterocycles. The average molecular weight is 295 g/mol. The molecule has 0 radical (unpaired) electrons. The molecule has 0 saturated carbocycles. The fourth-order valence-corrected chi connectivity index (χ4v) is 2.76. The molecular weight excluding hydrogens is 286 g/mol. The Morgan fingerprint density at radius 1 is 1.42 bits per heavy atom. The molecule has 0 aliphatic rings. The van der Waals surface area contributed by atoms with E-state index in [0.717, 1.165) is 4.88 Å². The molecule has 1 N–H and O–H groups in total. The number of nitro groups is 1. The fourth-order valence-electron chi connectivity index (χ4n) is 1.34. The van der Waals surface area contributed by atoms with Crippen LogP contribution < -0.4 is 5.43 Å². The zero-order valence-electron chi connectivity index (χ0n) is 9.61. The van der Waals surface area contributed by atoms with Crippen molar-refractivity contribution >= 4 is 40.5 Å². The molecule has 98 valence electrons. The summed E-state index contributed by atoms with van der Waals surface area (Å²) < 4.78 is 0. The van der Waals surface area contributed by atoms with E-state index in [-0.39, 0.29) is 18.0 Å². The number of hydrogen-bond acceptors (Lipinski definition) is 6. The predicted molar refractivity (Wildman–Crippen MR) is 74.7 cm³/mol. The Balaban J connectivity index is 1.91. The summed E-state index contributed by atoms with van der Waals surface area (Å²) in [4.78, 5) is 23.0. The van der Waals surface area contributed by atoms with Gasteiger partial charge in [0.1, 0.15) is 4.88 Å². The first kappa shape index (κ1) is 13.4. The van der Waals surface area contributed by atoms with Crippen molar-refractivity contribution in [1.82, 2.24) is 5.43 Å². The molecule has 19 heavy (non-hydrogen) atoms. The van der Waals surface area contributed by atoms with E-state index in [9.17, 15) is 14.9 Å². The van der Waals surface area contributed by atoms with E-state index >= 15 is 0 Å². The third kappa shape index (κ3) is 3.70. The van der Waals surface area contributed by atoms with Crippen molar-refractivity contribution in [2.45, 2.75) is 6.42 Å². The van der Waals surface area contributed by atoms with Gasteiger partial charge in [-0.15, -0.1) is 22.7 Å². The van der Waals surface area contributed by atoms with Crippen LogP contribution in [0.5, 0.6) is 0 Å². The van der Waals surface area contributed by atoms with E-state index in [1.165, 1.54) is 35.0 Å². The maximum atomic E-state index is 11.5. The maximum Gasteiger partial charge on any atom is 0.288 e. The molecule has 0 fully saturated rings. The van der Waals surface area contributed by atoms with Crippen LogP contribution in [0.2, 0.25) is 0 Å². The van der Waals surface area contributed by atoms with E-state index in [1.54, 1.807) is 5.38 Å². The van der Waals surface area contributed by atoms with Crippen molar-refractivity contribution in [3.05, 3.63) is 48.8 Å². The van der Waals surface area contributed by atoms with Crippen LogP contribution in [0.25, 0.3) is 0 Å². The number of nitrogens with one attached hydrogen (secondary N) is 1. The highest BCUT2D eigenvalue weighted by Crippen LogP contribution is 2.22. The summed E-state index contributed by atoms with van der Waals surface area (Å²) in [6.07, 6.45) is 1.54. The van der Waals surface area contributed by atoms with Crippen LogP contribution in [0.3, 0.4) is 0 Å². The van der Waals surface area contributed by atoms with Gasteiger partial charge in [0.15, 0.2) is 0 Å². The van der Waals surface area contributed by atoms with Crippen molar-refractivity contribution in [3.63, 3.8) is 0 Å². The van der Waals surface area contributed by atoms with Gasteiger partial charge < -0.3 is 0 Å². The first-order chi connectivity index (χ1) is 9.16. The van der Waals surface area contributed by atoms with Gasteiger partial charge in [0, 0.05) is 10.9 Å². The smallest absolute Gasteiger partial charge is 0.273 e. The molecule has 0 atom stereocenters. The lowest BCUT2D eigenvalue weighted by Gasteiger charge is -1.96. The van der Waals surface area contributed by atoms with Crippen molar-refractivity contribution in [2.24, 2.45) is 5.10 Å². The van der Waals surface area contributed by atoms with Crippen LogP contribution >= 0.6 is 22.7 Å². The minimum absolute atomic E-state index is 0.0127. The lowest BCUT2D eigenvalue weighted by atomic mass is 10.3. The van der Waals surface area contributed by atoms with Gasteiger partial charge in [-0.3, -0.25) is 14.9 Å². The molecule has 0 aliphatic heterocycles. The molecule has 2 aromatic heterocycles. The largest absolute Gasteiger partial charge is 0.288 e. The molecule has 2 aromatic rings. The number of hydrogen-bond donors (Lipinski definition) is 1. The Bertz CT molecular complexity index is 604. The van der Waals surface area contributed by atoms with Crippen LogP contribution in [0, 0.1) is 10.1 Å². The summed E-state index contributed by atoms with van der Waals surface area (Å²) in [5.74, 6) is -0.252. The highest BCUT2D eigenvalue weighted by Gasteiger charge is 2.12. The second-order valence-corrected chi connectivity index (χ2v) is 5.46. The Morgan fingerprint density at radius 3 is 2.95 bits per heavy atom. The highest BCUT2D eigenvalue weighted by atomic mass is 32.1. The zero-order chi connectivity index (χ0) is 13.7. The molecule has 2 rings (SSSR count). The van der Waals surface area contributed by atoms with Crippen LogP contribution in [0.4, 0.5) is 5.69 Å². The molecule has 0 spiro atoms. The average Bonchev–Trinajstić information content (AvgIpc) is 2.99. The summed E-state index contributed by atoms with van der Waals surface area (Å²) >= 11 is 2.68. The summed E-state index contributed by atoms with van der Waals surface area (Å²) in [6.45, 7) is 0. The van der Waals surface area contributed by atoms with E-state index < -0.39 is 4.92 Å². The lowest BCUT2D eigenvalue weighted by Crippen LogP contribution is -2.19. The zero-order valence-corrected chi connectivity index (χ0v) is 11.2. The van der Waals surface area contributed by atoms with Crippen molar-refractivity contribution in [1.29, 1.82) is 0 Å². The third-order valence-electron chi connectivity index (χ3n) is 2.16. The van der Waals surface area contributed by atoms with Crippen molar-refractivity contribution in [2.75, 3.05) is 0 Å². The Labute approximate surface area is 116 Å². The van der Waals surface area contributed by atoms with Gasteiger partial charge >= 0.3 is 0 Å². The number of amides is 1. The van der Waals surface area contributed by atoms with Gasteiger partial charge in [0.2, 0.25) is 5.91 Å². The second-order valence-electron chi connectivity index (χ2n) is 3.48. The minimum atomic E-state index is -0.481. The maximum absolute atomic E-state index is 11.5. The number of hydrazone groups is 1. The van der Waals surface area contributed by atoms with Crippen molar-refractivity contribution in [3.8, 4) is 0 Å². The van der Waals surface area contributed by atoms with E-state index in [4.69, 9.17) is 0 Å². The Hall–Kier alpha value is -2.06. The second kappa shape index (κ2) is 6.21. The number of thiophene rings is 2. The first-order valence-electron chi connectivity index (χ1n) is 5.23. The van der Waals surface area contributed by atoms with Gasteiger partial charge in [0.25, 0.3) is 5.69 Å². The lowest BCUT2D eigenvalue weighted by molar-refractivity contribution is -0.384. The molecule has 0 aliphatic carbocycles. The van der Waals surface area contributed by atoms with Gasteiger partial charge in [-0.1, -0.05) is 6.07 Å². The van der Waals surface area contributed by atoms with Crippen LogP contribution in [0.15, 0.2) is 34.1 Å². The predicted octanol–water partition coefficient (Wildman–Crippen LogP) is 2.41. The SMILES string of the molecule is O=C(Cc1cccs1)N/N=C/c1sccc1[N+](=O)[O-]. The highest BCUT2D eigenvalue weighted by molar-refractivity contribution is 7.12. The van der Waals surface area contributed by atoms with Gasteiger partial charge in [-0.2, -0.15) is 5.10 Å². The van der Waals surface area contributed by atoms with Crippen LogP contribution in [0.1, 0.15) is 9.75 Å². The molecule has 8 heteroatoms. The van der Waals surface area contributed by atoms with E-state index in [2.05, 4.69) is 10.5 Å². The fraction of sp³-hybridized carbons (Fsp3) is 0.0909. The normalized spacial score (nSPS) is 10.7. The summed E-state index contributed by atoms with van der Waals surface area (Å²) in [5.41, 5.74) is 2.33. The van der Waals surface area contributed by atoms with E-state index in [0.29, 0.717) is 4.88 Å². The molecule has 0 bridgehead atoms. The first-order valence-corrected chi connectivity index (χ1v) is 6.99. The standard InChI is InChI=1S/C11H9N3O3S2/c15-11(6-8-2-1-4-18-8)13-12-7-10-9(14(16)17)3-5-19-10/h1-5,7H,6H2,(H,13,15)/b12-7+. The van der Waals surface area contributed by atoms with Crippen molar-refractivity contribution < 1.29 is 9.72 Å². The quantitative estimate of drug-likeness (QED) is 0.522. The molecule has 0 saturated heterocycles. The molecule has 1 amide bonds. The molecule has 6 nitrogen and oxygen atoms in total. The Morgan fingerprint density at radius 2 is 2.26 bits per heavy atom. The van der Waals surface area contributed by atoms with Crippen LogP contribution in [-0.2, 0) is 11.2 Å². The topological polar surface area (TPSA) is 84.6 Å². The third-order valence-corrected chi connectivity index (χ3v) is 3.87. The number of nitrogens with zero attached hydrogens (tertiary/aromatic N) is 2. The number of rotatable bonds is 5. The minimum Gasteiger partial charge on any atom is -0.273 e.